The molecule has 0 aromatic carbocycles. The van der Waals surface area contributed by atoms with Gasteiger partial charge in [-0.15, -0.1) is 0 Å². The Bertz CT molecular complexity index is 80.2. The van der Waals surface area contributed by atoms with Crippen molar-refractivity contribution < 1.29 is 40.5 Å². The van der Waals surface area contributed by atoms with Crippen LogP contribution in [0.25, 0.3) is 0 Å². The molecule has 0 aliphatic heterocycles. The minimum Gasteiger partial charge on any atom is -1.00 e. The monoisotopic (exact) mass is 166 g/mol. The van der Waals surface area contributed by atoms with E-state index in [1.165, 1.54) is 6.92 Å². The first kappa shape index (κ1) is 11.8. The molecule has 0 saturated heterocycles. The Morgan fingerprint density at radius 2 is 2.12 bits per heavy atom. The van der Waals surface area contributed by atoms with Gasteiger partial charge in [-0.2, -0.15) is 0 Å². The number of carbonyl (C=O) groups excluding carboxylic acids is 1. The first-order valence-corrected chi connectivity index (χ1v) is 2.45. The van der Waals surface area contributed by atoms with E-state index in [2.05, 4.69) is 4.74 Å². The van der Waals surface area contributed by atoms with Gasteiger partial charge in [0.25, 0.3) is 5.02 Å². The molecular formula is C3H5Cl2NaO2. The van der Waals surface area contributed by atoms with Gasteiger partial charge >= 0.3 is 35.5 Å². The third-order valence-corrected chi connectivity index (χ3v) is 0.433. The Hall–Kier alpha value is 1.05. The fourth-order valence-electron chi connectivity index (χ4n) is 0.125. The zero-order chi connectivity index (χ0) is 5.86. The molecular weight excluding hydrogens is 162 g/mol. The van der Waals surface area contributed by atoms with Crippen molar-refractivity contribution in [1.82, 2.24) is 0 Å². The molecule has 0 fully saturated rings. The second-order valence-electron chi connectivity index (χ2n) is 0.870. The molecule has 0 aliphatic rings. The first-order chi connectivity index (χ1) is 3.13. The van der Waals surface area contributed by atoms with E-state index in [4.69, 9.17) is 23.2 Å². The van der Waals surface area contributed by atoms with Crippen LogP contribution >= 0.6 is 23.2 Å². The molecule has 0 aromatic heterocycles. The van der Waals surface area contributed by atoms with E-state index >= 15 is 0 Å². The maximum absolute atomic E-state index is 9.86. The number of ether oxygens (including phenoxy) is 1. The smallest absolute Gasteiger partial charge is 1.00 e. The van der Waals surface area contributed by atoms with Crippen LogP contribution in [0, 0.1) is 0 Å². The molecule has 44 valence electrons. The topological polar surface area (TPSA) is 26.3 Å². The predicted molar refractivity (Wildman–Crippen MR) is 28.4 cm³/mol. The van der Waals surface area contributed by atoms with Gasteiger partial charge in [-0.25, -0.2) is 0 Å². The molecule has 0 aromatic rings. The van der Waals surface area contributed by atoms with Gasteiger partial charge in [0.15, 0.2) is 0 Å². The van der Waals surface area contributed by atoms with E-state index in [1.54, 1.807) is 0 Å². The maximum atomic E-state index is 9.86. The number of halogens is 2. The maximum Gasteiger partial charge on any atom is 1.00 e. The molecule has 0 atom stereocenters. The van der Waals surface area contributed by atoms with Crippen LogP contribution in [0.15, 0.2) is 0 Å². The van der Waals surface area contributed by atoms with Crippen LogP contribution in [0.2, 0.25) is 0 Å². The number of esters is 1. The summed E-state index contributed by atoms with van der Waals surface area (Å²) < 4.78 is 4.14. The summed E-state index contributed by atoms with van der Waals surface area (Å²) >= 11 is 9.99. The van der Waals surface area contributed by atoms with Crippen LogP contribution in [0.4, 0.5) is 0 Å². The Labute approximate surface area is 81.2 Å². The summed E-state index contributed by atoms with van der Waals surface area (Å²) in [4.78, 5) is 9.86. The van der Waals surface area contributed by atoms with Crippen molar-refractivity contribution in [3.05, 3.63) is 0 Å². The van der Waals surface area contributed by atoms with Crippen molar-refractivity contribution >= 4 is 29.2 Å². The Morgan fingerprint density at radius 3 is 2.12 bits per heavy atom. The fraction of sp³-hybridized carbons (Fsp3) is 0.667. The van der Waals surface area contributed by atoms with Crippen molar-refractivity contribution in [2.24, 2.45) is 0 Å². The molecule has 0 amide bonds. The van der Waals surface area contributed by atoms with Crippen LogP contribution in [0.3, 0.4) is 0 Å². The Morgan fingerprint density at radius 1 is 1.75 bits per heavy atom. The van der Waals surface area contributed by atoms with Gasteiger partial charge in [-0.3, -0.25) is 4.79 Å². The molecule has 0 rings (SSSR count). The predicted octanol–water partition coefficient (Wildman–Crippen LogP) is -1.57. The molecule has 0 heterocycles. The van der Waals surface area contributed by atoms with Gasteiger partial charge in [0.1, 0.15) is 0 Å². The van der Waals surface area contributed by atoms with Crippen LogP contribution < -0.4 is 29.6 Å². The standard InChI is InChI=1S/C3H4Cl2O2.Na.H/c1-2(6)7-3(4)5;;/h3H,1H3;;/q;+1;-1. The second kappa shape index (κ2) is 6.17. The molecule has 2 nitrogen and oxygen atoms in total. The van der Waals surface area contributed by atoms with Crippen molar-refractivity contribution in [3.63, 3.8) is 0 Å². The SMILES string of the molecule is CC(=O)OC(Cl)Cl.[H-].[Na+]. The van der Waals surface area contributed by atoms with Crippen molar-refractivity contribution in [1.29, 1.82) is 0 Å². The summed E-state index contributed by atoms with van der Waals surface area (Å²) in [7, 11) is 0. The van der Waals surface area contributed by atoms with Crippen molar-refractivity contribution in [2.75, 3.05) is 0 Å². The van der Waals surface area contributed by atoms with Gasteiger partial charge in [-0.1, -0.05) is 23.2 Å². The fourth-order valence-corrected chi connectivity index (χ4v) is 0.376. The van der Waals surface area contributed by atoms with Crippen LogP contribution in [-0.4, -0.2) is 11.0 Å². The Kier molecular flexibility index (Phi) is 9.11. The molecule has 0 bridgehead atoms. The number of carbonyl (C=O) groups is 1. The summed E-state index contributed by atoms with van der Waals surface area (Å²) in [6, 6.07) is 0. The molecule has 0 radical (unpaired) electrons. The molecule has 5 heteroatoms. The minimum absolute atomic E-state index is 0. The average Bonchev–Trinajstić information content (AvgIpc) is 1.27. The largest absolute Gasteiger partial charge is 1.00 e. The van der Waals surface area contributed by atoms with E-state index in [0.29, 0.717) is 0 Å². The molecule has 0 unspecified atom stereocenters. The summed E-state index contributed by atoms with van der Waals surface area (Å²) in [5, 5.41) is -1.03. The summed E-state index contributed by atoms with van der Waals surface area (Å²) in [5.41, 5.74) is 0. The zero-order valence-corrected chi connectivity index (χ0v) is 8.16. The van der Waals surface area contributed by atoms with Gasteiger partial charge < -0.3 is 6.16 Å². The van der Waals surface area contributed by atoms with Gasteiger partial charge in [0.05, 0.1) is 0 Å². The van der Waals surface area contributed by atoms with Crippen LogP contribution in [0.1, 0.15) is 8.35 Å². The number of alkyl halides is 2. The van der Waals surface area contributed by atoms with E-state index in [0.717, 1.165) is 0 Å². The Balaban J connectivity index is -0.000000180. The molecule has 0 N–H and O–H groups in total. The third kappa shape index (κ3) is 10.1. The normalized spacial score (nSPS) is 8.00. The molecule has 8 heavy (non-hydrogen) atoms. The molecule has 0 spiro atoms. The van der Waals surface area contributed by atoms with Crippen LogP contribution in [0.5, 0.6) is 0 Å². The quantitative estimate of drug-likeness (QED) is 0.268. The number of hydrogen-bond donors (Lipinski definition) is 0. The number of rotatable bonds is 1. The second-order valence-corrected chi connectivity index (χ2v) is 1.89. The first-order valence-electron chi connectivity index (χ1n) is 1.58. The average molecular weight is 167 g/mol. The summed E-state index contributed by atoms with van der Waals surface area (Å²) in [5.74, 6) is -0.477. The zero-order valence-electron chi connectivity index (χ0n) is 5.65. The number of hydrogen-bond acceptors (Lipinski definition) is 2. The third-order valence-electron chi connectivity index (χ3n) is 0.255. The summed E-state index contributed by atoms with van der Waals surface area (Å²) in [6.07, 6.45) is 0. The summed E-state index contributed by atoms with van der Waals surface area (Å²) in [6.45, 7) is 1.23. The van der Waals surface area contributed by atoms with E-state index < -0.39 is 11.0 Å². The van der Waals surface area contributed by atoms with Gasteiger partial charge in [0, 0.05) is 6.92 Å². The minimum atomic E-state index is -1.03. The van der Waals surface area contributed by atoms with Gasteiger partial charge in [0.2, 0.25) is 0 Å². The van der Waals surface area contributed by atoms with Crippen molar-refractivity contribution in [3.8, 4) is 0 Å². The van der Waals surface area contributed by atoms with E-state index in [9.17, 15) is 4.79 Å². The van der Waals surface area contributed by atoms with E-state index in [-0.39, 0.29) is 31.0 Å². The van der Waals surface area contributed by atoms with Crippen molar-refractivity contribution in [2.45, 2.75) is 11.9 Å². The molecule has 0 saturated carbocycles. The van der Waals surface area contributed by atoms with E-state index in [1.807, 2.05) is 0 Å². The van der Waals surface area contributed by atoms with Gasteiger partial charge in [-0.05, 0) is 0 Å². The van der Waals surface area contributed by atoms with Crippen LogP contribution in [-0.2, 0) is 9.53 Å². The molecule has 0 aliphatic carbocycles.